The second-order valence-corrected chi connectivity index (χ2v) is 7.55. The minimum absolute atomic E-state index is 0.00299. The van der Waals surface area contributed by atoms with E-state index in [-0.39, 0.29) is 48.1 Å². The summed E-state index contributed by atoms with van der Waals surface area (Å²) in [4.78, 5) is 37.9. The number of carbonyl (C=O) groups excluding carboxylic acids is 2. The van der Waals surface area contributed by atoms with Crippen LogP contribution in [0.4, 0.5) is 9.18 Å². The second kappa shape index (κ2) is 10.9. The summed E-state index contributed by atoms with van der Waals surface area (Å²) in [7, 11) is 1.28. The molecular weight excluding hydrogens is 449 g/mol. The zero-order valence-corrected chi connectivity index (χ0v) is 18.7. The zero-order valence-electron chi connectivity index (χ0n) is 18.7. The lowest BCUT2D eigenvalue weighted by molar-refractivity contribution is 0.0217. The first kappa shape index (κ1) is 24.9. The summed E-state index contributed by atoms with van der Waals surface area (Å²) in [6.07, 6.45) is -1.11. The number of likely N-dealkylation sites (tertiary alicyclic amines) is 1. The van der Waals surface area contributed by atoms with Crippen LogP contribution in [0.5, 0.6) is 11.5 Å². The standard InChI is InChI=1S/C23H26FN3O7/c1-3-33-12-34-17-8-9-18(32-2)20(24)19(17)21(28)13-4-6-14(7-5-13)22(29)26-16-11-27(23(30)31)10-15(16)25/h4-9,15-16H,3,10-12,25H2,1-2H3,(H,26,29)(H,30,31)/t15-,16+/m1/s1. The summed E-state index contributed by atoms with van der Waals surface area (Å²) in [6, 6.07) is 7.30. The van der Waals surface area contributed by atoms with Gasteiger partial charge >= 0.3 is 6.09 Å². The molecule has 1 saturated heterocycles. The first-order valence-corrected chi connectivity index (χ1v) is 10.5. The average molecular weight is 475 g/mol. The van der Waals surface area contributed by atoms with Crippen molar-refractivity contribution in [2.24, 2.45) is 5.73 Å². The molecule has 0 saturated carbocycles. The molecule has 11 heteroatoms. The van der Waals surface area contributed by atoms with Crippen molar-refractivity contribution in [3.8, 4) is 11.5 Å². The number of nitrogens with one attached hydrogen (secondary N) is 1. The molecule has 2 aromatic rings. The summed E-state index contributed by atoms with van der Waals surface area (Å²) in [5.74, 6) is -2.13. The van der Waals surface area contributed by atoms with E-state index in [1.807, 2.05) is 0 Å². The number of hydrogen-bond acceptors (Lipinski definition) is 7. The molecule has 4 N–H and O–H groups in total. The number of nitrogens with two attached hydrogens (primary N) is 1. The zero-order chi connectivity index (χ0) is 24.8. The summed E-state index contributed by atoms with van der Waals surface area (Å²) in [5.41, 5.74) is 5.97. The van der Waals surface area contributed by atoms with E-state index in [9.17, 15) is 18.8 Å². The fourth-order valence-electron chi connectivity index (χ4n) is 3.52. The Labute approximate surface area is 195 Å². The minimum atomic E-state index is -1.11. The topological polar surface area (TPSA) is 140 Å². The Morgan fingerprint density at radius 1 is 1.12 bits per heavy atom. The van der Waals surface area contributed by atoms with E-state index in [1.54, 1.807) is 6.92 Å². The maximum Gasteiger partial charge on any atom is 0.407 e. The molecule has 0 aromatic heterocycles. The lowest BCUT2D eigenvalue weighted by Gasteiger charge is -2.16. The van der Waals surface area contributed by atoms with Gasteiger partial charge in [-0.25, -0.2) is 9.18 Å². The van der Waals surface area contributed by atoms with Gasteiger partial charge in [0, 0.05) is 36.9 Å². The van der Waals surface area contributed by atoms with Gasteiger partial charge < -0.3 is 35.3 Å². The fourth-order valence-corrected chi connectivity index (χ4v) is 3.52. The van der Waals surface area contributed by atoms with Gasteiger partial charge in [0.25, 0.3) is 5.91 Å². The van der Waals surface area contributed by atoms with E-state index in [0.29, 0.717) is 6.61 Å². The Hall–Kier alpha value is -3.70. The van der Waals surface area contributed by atoms with Gasteiger partial charge in [-0.15, -0.1) is 0 Å². The predicted octanol–water partition coefficient (Wildman–Crippen LogP) is 1.86. The molecule has 0 unspecified atom stereocenters. The first-order valence-electron chi connectivity index (χ1n) is 10.5. The maximum atomic E-state index is 15.0. The van der Waals surface area contributed by atoms with Gasteiger partial charge in [0.1, 0.15) is 11.3 Å². The van der Waals surface area contributed by atoms with Crippen molar-refractivity contribution >= 4 is 17.8 Å². The quantitative estimate of drug-likeness (QED) is 0.284. The Bertz CT molecular complexity index is 1060. The van der Waals surface area contributed by atoms with Crippen molar-refractivity contribution in [3.63, 3.8) is 0 Å². The second-order valence-electron chi connectivity index (χ2n) is 7.55. The first-order chi connectivity index (χ1) is 16.3. The highest BCUT2D eigenvalue weighted by Crippen LogP contribution is 2.31. The van der Waals surface area contributed by atoms with Gasteiger partial charge in [-0.1, -0.05) is 12.1 Å². The molecule has 0 spiro atoms. The number of rotatable bonds is 9. The fraction of sp³-hybridized carbons (Fsp3) is 0.348. The number of amides is 2. The lowest BCUT2D eigenvalue weighted by atomic mass is 10.00. The van der Waals surface area contributed by atoms with Crippen molar-refractivity contribution in [2.45, 2.75) is 19.0 Å². The molecule has 182 valence electrons. The van der Waals surface area contributed by atoms with E-state index < -0.39 is 35.7 Å². The van der Waals surface area contributed by atoms with Gasteiger partial charge in [-0.05, 0) is 31.2 Å². The maximum absolute atomic E-state index is 15.0. The average Bonchev–Trinajstić information content (AvgIpc) is 3.19. The van der Waals surface area contributed by atoms with Crippen LogP contribution in [0.2, 0.25) is 0 Å². The molecule has 34 heavy (non-hydrogen) atoms. The molecule has 1 aliphatic rings. The molecular formula is C23H26FN3O7. The third kappa shape index (κ3) is 5.43. The molecule has 0 aliphatic carbocycles. The lowest BCUT2D eigenvalue weighted by Crippen LogP contribution is -2.46. The van der Waals surface area contributed by atoms with Crippen LogP contribution in [-0.4, -0.2) is 73.5 Å². The number of ether oxygens (including phenoxy) is 3. The molecule has 3 rings (SSSR count). The smallest absolute Gasteiger partial charge is 0.407 e. The molecule has 0 radical (unpaired) electrons. The summed E-state index contributed by atoms with van der Waals surface area (Å²) in [5, 5.41) is 11.8. The molecule has 10 nitrogen and oxygen atoms in total. The number of benzene rings is 2. The van der Waals surface area contributed by atoms with E-state index in [1.165, 1.54) is 43.5 Å². The van der Waals surface area contributed by atoms with Crippen molar-refractivity contribution in [1.82, 2.24) is 10.2 Å². The van der Waals surface area contributed by atoms with Crippen molar-refractivity contribution in [3.05, 3.63) is 58.9 Å². The highest BCUT2D eigenvalue weighted by molar-refractivity contribution is 6.11. The van der Waals surface area contributed by atoms with Gasteiger partial charge in [0.15, 0.2) is 24.1 Å². The van der Waals surface area contributed by atoms with E-state index in [0.717, 1.165) is 4.90 Å². The van der Waals surface area contributed by atoms with Gasteiger partial charge in [0.2, 0.25) is 0 Å². The highest BCUT2D eigenvalue weighted by Gasteiger charge is 2.34. The third-order valence-electron chi connectivity index (χ3n) is 5.38. The Morgan fingerprint density at radius 2 is 1.76 bits per heavy atom. The SMILES string of the molecule is CCOCOc1ccc(OC)c(F)c1C(=O)c1ccc(C(=O)N[C@H]2CN(C(=O)O)C[C@H]2N)cc1. The number of nitrogens with zero attached hydrogens (tertiary/aromatic N) is 1. The van der Waals surface area contributed by atoms with Crippen LogP contribution in [0.15, 0.2) is 36.4 Å². The minimum Gasteiger partial charge on any atom is -0.494 e. The number of hydrogen-bond donors (Lipinski definition) is 3. The Balaban J connectivity index is 1.77. The number of methoxy groups -OCH3 is 1. The molecule has 2 amide bonds. The Morgan fingerprint density at radius 3 is 2.35 bits per heavy atom. The van der Waals surface area contributed by atoms with Gasteiger partial charge in [-0.2, -0.15) is 0 Å². The largest absolute Gasteiger partial charge is 0.494 e. The van der Waals surface area contributed by atoms with E-state index in [4.69, 9.17) is 25.1 Å². The van der Waals surface area contributed by atoms with Crippen LogP contribution in [0, 0.1) is 5.82 Å². The van der Waals surface area contributed by atoms with E-state index in [2.05, 4.69) is 5.32 Å². The summed E-state index contributed by atoms with van der Waals surface area (Å²) >= 11 is 0. The predicted molar refractivity (Wildman–Crippen MR) is 119 cm³/mol. The Kier molecular flexibility index (Phi) is 8.03. The number of halogens is 1. The molecule has 2 aromatic carbocycles. The van der Waals surface area contributed by atoms with Gasteiger partial charge in [-0.3, -0.25) is 9.59 Å². The highest BCUT2D eigenvalue weighted by atomic mass is 19.1. The van der Waals surface area contributed by atoms with Crippen molar-refractivity contribution in [1.29, 1.82) is 0 Å². The number of carboxylic acid groups (broad SMARTS) is 1. The van der Waals surface area contributed by atoms with Crippen LogP contribution < -0.4 is 20.5 Å². The third-order valence-corrected chi connectivity index (χ3v) is 5.38. The molecule has 1 aliphatic heterocycles. The van der Waals surface area contributed by atoms with Crippen LogP contribution in [0.1, 0.15) is 33.2 Å². The molecule has 0 bridgehead atoms. The summed E-state index contributed by atoms with van der Waals surface area (Å²) < 4.78 is 30.5. The molecule has 2 atom stereocenters. The van der Waals surface area contributed by atoms with Gasteiger partial charge in [0.05, 0.1) is 13.2 Å². The van der Waals surface area contributed by atoms with Crippen LogP contribution in [-0.2, 0) is 4.74 Å². The van der Waals surface area contributed by atoms with Crippen molar-refractivity contribution < 1.29 is 38.1 Å². The molecule has 1 fully saturated rings. The monoisotopic (exact) mass is 475 g/mol. The number of ketones is 1. The molecule has 1 heterocycles. The normalized spacial score (nSPS) is 17.4. The summed E-state index contributed by atoms with van der Waals surface area (Å²) in [6.45, 7) is 2.19. The van der Waals surface area contributed by atoms with Crippen molar-refractivity contribution in [2.75, 3.05) is 33.6 Å². The van der Waals surface area contributed by atoms with Crippen LogP contribution in [0.25, 0.3) is 0 Å². The van der Waals surface area contributed by atoms with E-state index >= 15 is 0 Å². The van der Waals surface area contributed by atoms with Crippen LogP contribution >= 0.6 is 0 Å². The number of carbonyl (C=O) groups is 3. The van der Waals surface area contributed by atoms with Crippen LogP contribution in [0.3, 0.4) is 0 Å².